The van der Waals surface area contributed by atoms with Gasteiger partial charge in [0.05, 0.1) is 16.1 Å². The zero-order chi connectivity index (χ0) is 22.8. The molecule has 0 saturated carbocycles. The largest absolute Gasteiger partial charge is 0.336 e. The quantitative estimate of drug-likeness (QED) is 0.454. The van der Waals surface area contributed by atoms with Crippen LogP contribution in [0.4, 0.5) is 5.69 Å². The van der Waals surface area contributed by atoms with E-state index in [2.05, 4.69) is 11.1 Å². The Morgan fingerprint density at radius 1 is 0.879 bits per heavy atom. The Morgan fingerprint density at radius 2 is 1.61 bits per heavy atom. The molecule has 0 atom stereocenters. The molecule has 4 aromatic rings. The molecule has 1 aromatic heterocycles. The van der Waals surface area contributed by atoms with Gasteiger partial charge in [-0.15, -0.1) is 0 Å². The van der Waals surface area contributed by atoms with Gasteiger partial charge in [-0.05, 0) is 41.8 Å². The topological polar surface area (TPSA) is 70.6 Å². The van der Waals surface area contributed by atoms with Crippen molar-refractivity contribution in [1.29, 1.82) is 0 Å². The molecule has 0 N–H and O–H groups in total. The molecule has 0 bridgehead atoms. The van der Waals surface area contributed by atoms with Gasteiger partial charge in [0.15, 0.2) is 0 Å². The smallest absolute Gasteiger partial charge is 0.264 e. The highest BCUT2D eigenvalue weighted by Gasteiger charge is 2.31. The zero-order valence-electron chi connectivity index (χ0n) is 18.0. The molecule has 1 aliphatic heterocycles. The molecule has 3 aromatic carbocycles. The molecule has 166 valence electrons. The molecule has 7 heteroatoms. The first-order valence-electron chi connectivity index (χ1n) is 10.8. The summed E-state index contributed by atoms with van der Waals surface area (Å²) in [7, 11) is -3.99. The van der Waals surface area contributed by atoms with E-state index < -0.39 is 10.0 Å². The maximum absolute atomic E-state index is 13.7. The van der Waals surface area contributed by atoms with Gasteiger partial charge in [-0.3, -0.25) is 14.1 Å². The standard InChI is InChI=1S/C26H23N3O3S/c30-25(28-17-15-20-8-4-5-9-22(20)18-28)19-29(33(31,32)23-12-2-1-3-13-23)24-14-6-10-21-11-7-16-27-26(21)24/h1-14,16H,15,17-19H2. The Morgan fingerprint density at radius 3 is 2.42 bits per heavy atom. The number of nitrogens with zero attached hydrogens (tertiary/aromatic N) is 3. The summed E-state index contributed by atoms with van der Waals surface area (Å²) in [6.45, 7) is 0.736. The van der Waals surface area contributed by atoms with Crippen molar-refractivity contribution < 1.29 is 13.2 Å². The highest BCUT2D eigenvalue weighted by molar-refractivity contribution is 7.92. The lowest BCUT2D eigenvalue weighted by molar-refractivity contribution is -0.130. The Bertz CT molecular complexity index is 1420. The fourth-order valence-corrected chi connectivity index (χ4v) is 5.68. The number of amides is 1. The average Bonchev–Trinajstić information content (AvgIpc) is 2.87. The van der Waals surface area contributed by atoms with Crippen molar-refractivity contribution in [1.82, 2.24) is 9.88 Å². The highest BCUT2D eigenvalue weighted by Crippen LogP contribution is 2.30. The fraction of sp³-hybridized carbons (Fsp3) is 0.154. The van der Waals surface area contributed by atoms with Crippen LogP contribution in [0.25, 0.3) is 10.9 Å². The first kappa shape index (κ1) is 21.2. The van der Waals surface area contributed by atoms with E-state index in [0.29, 0.717) is 24.3 Å². The van der Waals surface area contributed by atoms with Crippen LogP contribution in [0.3, 0.4) is 0 Å². The van der Waals surface area contributed by atoms with Gasteiger partial charge in [0.2, 0.25) is 5.91 Å². The van der Waals surface area contributed by atoms with Gasteiger partial charge < -0.3 is 4.90 Å². The summed E-state index contributed by atoms with van der Waals surface area (Å²) in [5.41, 5.74) is 3.26. The Labute approximate surface area is 193 Å². The van der Waals surface area contributed by atoms with Gasteiger partial charge >= 0.3 is 0 Å². The monoisotopic (exact) mass is 457 g/mol. The Kier molecular flexibility index (Phi) is 5.56. The molecule has 0 radical (unpaired) electrons. The number of hydrogen-bond donors (Lipinski definition) is 0. The lowest BCUT2D eigenvalue weighted by atomic mass is 10.00. The Balaban J connectivity index is 1.54. The number of aromatic nitrogens is 1. The molecule has 6 nitrogen and oxygen atoms in total. The summed E-state index contributed by atoms with van der Waals surface area (Å²) >= 11 is 0. The van der Waals surface area contributed by atoms with Gasteiger partial charge in [-0.25, -0.2) is 8.42 Å². The molecule has 33 heavy (non-hydrogen) atoms. The maximum atomic E-state index is 13.7. The van der Waals surface area contributed by atoms with E-state index in [9.17, 15) is 13.2 Å². The third-order valence-electron chi connectivity index (χ3n) is 5.97. The number of fused-ring (bicyclic) bond motifs is 2. The van der Waals surface area contributed by atoms with E-state index in [-0.39, 0.29) is 17.3 Å². The number of rotatable bonds is 5. The molecule has 1 aliphatic rings. The first-order valence-corrected chi connectivity index (χ1v) is 12.2. The zero-order valence-corrected chi connectivity index (χ0v) is 18.8. The van der Waals surface area contributed by atoms with Gasteiger partial charge in [0.25, 0.3) is 10.0 Å². The molecule has 0 aliphatic carbocycles. The van der Waals surface area contributed by atoms with Crippen LogP contribution in [0.15, 0.2) is 96.0 Å². The fourth-order valence-electron chi connectivity index (χ4n) is 4.24. The molecular weight excluding hydrogens is 434 g/mol. The minimum atomic E-state index is -3.99. The second kappa shape index (κ2) is 8.67. The summed E-state index contributed by atoms with van der Waals surface area (Å²) in [5, 5.41) is 0.808. The minimum Gasteiger partial charge on any atom is -0.336 e. The molecule has 0 unspecified atom stereocenters. The lowest BCUT2D eigenvalue weighted by Gasteiger charge is -2.32. The number of pyridine rings is 1. The van der Waals surface area contributed by atoms with Crippen LogP contribution < -0.4 is 4.31 Å². The summed E-state index contributed by atoms with van der Waals surface area (Å²) in [6.07, 6.45) is 2.38. The number of anilines is 1. The second-order valence-corrected chi connectivity index (χ2v) is 9.87. The van der Waals surface area contributed by atoms with E-state index in [0.717, 1.165) is 17.4 Å². The van der Waals surface area contributed by atoms with Crippen LogP contribution >= 0.6 is 0 Å². The third-order valence-corrected chi connectivity index (χ3v) is 7.75. The van der Waals surface area contributed by atoms with Crippen molar-refractivity contribution in [3.8, 4) is 0 Å². The van der Waals surface area contributed by atoms with Crippen molar-refractivity contribution in [2.24, 2.45) is 0 Å². The molecule has 0 saturated heterocycles. The van der Waals surface area contributed by atoms with Gasteiger partial charge in [0, 0.05) is 24.7 Å². The molecule has 0 fully saturated rings. The summed E-state index contributed by atoms with van der Waals surface area (Å²) in [4.78, 5) is 19.7. The third kappa shape index (κ3) is 4.07. The van der Waals surface area contributed by atoms with Crippen molar-refractivity contribution in [2.75, 3.05) is 17.4 Å². The first-order chi connectivity index (χ1) is 16.0. The molecule has 2 heterocycles. The van der Waals surface area contributed by atoms with Crippen LogP contribution in [0, 0.1) is 0 Å². The van der Waals surface area contributed by atoms with Crippen molar-refractivity contribution >= 4 is 32.5 Å². The molecule has 5 rings (SSSR count). The molecular formula is C26H23N3O3S. The van der Waals surface area contributed by atoms with Crippen LogP contribution in [-0.4, -0.2) is 37.3 Å². The predicted molar refractivity (Wildman–Crippen MR) is 128 cm³/mol. The van der Waals surface area contributed by atoms with Gasteiger partial charge in [-0.2, -0.15) is 0 Å². The number of para-hydroxylation sites is 1. The number of carbonyl (C=O) groups excluding carboxylic acids is 1. The minimum absolute atomic E-state index is 0.134. The van der Waals surface area contributed by atoms with Gasteiger partial charge in [-0.1, -0.05) is 60.7 Å². The van der Waals surface area contributed by atoms with Crippen molar-refractivity contribution in [2.45, 2.75) is 17.9 Å². The SMILES string of the molecule is O=C(CN(c1cccc2cccnc12)S(=O)(=O)c1ccccc1)N1CCc2ccccc2C1. The summed E-state index contributed by atoms with van der Waals surface area (Å²) in [5.74, 6) is -0.239. The van der Waals surface area contributed by atoms with Crippen molar-refractivity contribution in [3.63, 3.8) is 0 Å². The number of sulfonamides is 1. The average molecular weight is 458 g/mol. The van der Waals surface area contributed by atoms with Crippen LogP contribution in [0.5, 0.6) is 0 Å². The van der Waals surface area contributed by atoms with Crippen LogP contribution in [0.1, 0.15) is 11.1 Å². The van der Waals surface area contributed by atoms with E-state index in [4.69, 9.17) is 0 Å². The number of carbonyl (C=O) groups is 1. The normalized spacial score (nSPS) is 13.5. The maximum Gasteiger partial charge on any atom is 0.264 e. The number of benzene rings is 3. The van der Waals surface area contributed by atoms with E-state index in [1.54, 1.807) is 59.6 Å². The second-order valence-electron chi connectivity index (χ2n) is 8.01. The van der Waals surface area contributed by atoms with Crippen LogP contribution in [0.2, 0.25) is 0 Å². The van der Waals surface area contributed by atoms with Crippen LogP contribution in [-0.2, 0) is 27.8 Å². The number of hydrogen-bond acceptors (Lipinski definition) is 4. The van der Waals surface area contributed by atoms with E-state index in [1.165, 1.54) is 9.87 Å². The summed E-state index contributed by atoms with van der Waals surface area (Å²) < 4.78 is 28.6. The highest BCUT2D eigenvalue weighted by atomic mass is 32.2. The predicted octanol–water partition coefficient (Wildman–Crippen LogP) is 4.02. The van der Waals surface area contributed by atoms with Crippen molar-refractivity contribution in [3.05, 3.63) is 102 Å². The van der Waals surface area contributed by atoms with Gasteiger partial charge in [0.1, 0.15) is 6.54 Å². The molecule has 1 amide bonds. The van der Waals surface area contributed by atoms with E-state index >= 15 is 0 Å². The lowest BCUT2D eigenvalue weighted by Crippen LogP contribution is -2.44. The van der Waals surface area contributed by atoms with E-state index in [1.807, 2.05) is 30.3 Å². The molecule has 0 spiro atoms. The summed E-state index contributed by atoms with van der Waals surface area (Å²) in [6, 6.07) is 25.3. The Hall–Kier alpha value is -3.71.